The lowest BCUT2D eigenvalue weighted by Gasteiger charge is -2.30. The maximum atomic E-state index is 9.48. The van der Waals surface area contributed by atoms with Crippen molar-refractivity contribution in [1.82, 2.24) is 5.32 Å². The maximum Gasteiger partial charge on any atom is 0.0628 e. The molecule has 0 saturated heterocycles. The maximum absolute atomic E-state index is 9.48. The van der Waals surface area contributed by atoms with Crippen LogP contribution in [0.1, 0.15) is 46.0 Å². The van der Waals surface area contributed by atoms with Gasteiger partial charge in [-0.15, -0.1) is 0 Å². The van der Waals surface area contributed by atoms with Gasteiger partial charge in [0.05, 0.1) is 6.10 Å². The van der Waals surface area contributed by atoms with Crippen LogP contribution in [0.5, 0.6) is 0 Å². The summed E-state index contributed by atoms with van der Waals surface area (Å²) in [4.78, 5) is 0. The standard InChI is InChI=1S/C13H27NOS/c1-10(15)11(2)16-9-13(14-3)12-7-5-4-6-8-12/h10-15H,4-9H2,1-3H3. The van der Waals surface area contributed by atoms with Crippen molar-refractivity contribution < 1.29 is 5.11 Å². The number of aliphatic hydroxyl groups excluding tert-OH is 1. The van der Waals surface area contributed by atoms with Crippen molar-refractivity contribution in [3.8, 4) is 0 Å². The second-order valence-electron chi connectivity index (χ2n) is 5.07. The monoisotopic (exact) mass is 245 g/mol. The molecule has 0 bridgehead atoms. The highest BCUT2D eigenvalue weighted by molar-refractivity contribution is 7.99. The van der Waals surface area contributed by atoms with E-state index >= 15 is 0 Å². The third kappa shape index (κ3) is 4.64. The topological polar surface area (TPSA) is 32.3 Å². The molecule has 2 N–H and O–H groups in total. The molecule has 3 heteroatoms. The van der Waals surface area contributed by atoms with Gasteiger partial charge >= 0.3 is 0 Å². The van der Waals surface area contributed by atoms with Crippen molar-refractivity contribution >= 4 is 11.8 Å². The molecule has 1 fully saturated rings. The van der Waals surface area contributed by atoms with Crippen LogP contribution in [-0.2, 0) is 0 Å². The van der Waals surface area contributed by atoms with Crippen LogP contribution in [0, 0.1) is 5.92 Å². The Hall–Kier alpha value is 0.270. The van der Waals surface area contributed by atoms with Crippen molar-refractivity contribution in [3.05, 3.63) is 0 Å². The zero-order valence-corrected chi connectivity index (χ0v) is 11.7. The zero-order chi connectivity index (χ0) is 12.0. The predicted octanol–water partition coefficient (Wildman–Crippen LogP) is 2.66. The number of hydrogen-bond acceptors (Lipinski definition) is 3. The summed E-state index contributed by atoms with van der Waals surface area (Å²) in [5.74, 6) is 1.99. The highest BCUT2D eigenvalue weighted by Gasteiger charge is 2.23. The lowest BCUT2D eigenvalue weighted by atomic mass is 9.84. The van der Waals surface area contributed by atoms with Gasteiger partial charge in [-0.05, 0) is 32.7 Å². The van der Waals surface area contributed by atoms with Crippen molar-refractivity contribution in [2.45, 2.75) is 63.3 Å². The highest BCUT2D eigenvalue weighted by atomic mass is 32.2. The Kier molecular flexibility index (Phi) is 6.78. The summed E-state index contributed by atoms with van der Waals surface area (Å²) in [7, 11) is 2.08. The molecular formula is C13H27NOS. The molecule has 96 valence electrons. The fraction of sp³-hybridized carbons (Fsp3) is 1.00. The van der Waals surface area contributed by atoms with Crippen LogP contribution in [0.25, 0.3) is 0 Å². The average Bonchev–Trinajstić information content (AvgIpc) is 2.30. The summed E-state index contributed by atoms with van der Waals surface area (Å²) in [6.07, 6.45) is 6.79. The van der Waals surface area contributed by atoms with Gasteiger partial charge in [-0.2, -0.15) is 11.8 Å². The van der Waals surface area contributed by atoms with Gasteiger partial charge in [-0.25, -0.2) is 0 Å². The molecule has 0 radical (unpaired) electrons. The molecule has 1 saturated carbocycles. The first kappa shape index (κ1) is 14.3. The molecule has 1 aliphatic carbocycles. The third-order valence-electron chi connectivity index (χ3n) is 3.81. The van der Waals surface area contributed by atoms with Crippen molar-refractivity contribution in [3.63, 3.8) is 0 Å². The molecule has 0 aromatic carbocycles. The van der Waals surface area contributed by atoms with Gasteiger partial charge in [0, 0.05) is 17.0 Å². The second kappa shape index (κ2) is 7.57. The van der Waals surface area contributed by atoms with Crippen molar-refractivity contribution in [2.75, 3.05) is 12.8 Å². The van der Waals surface area contributed by atoms with Gasteiger partial charge in [0.1, 0.15) is 0 Å². The molecule has 0 spiro atoms. The van der Waals surface area contributed by atoms with Crippen molar-refractivity contribution in [1.29, 1.82) is 0 Å². The quantitative estimate of drug-likeness (QED) is 0.754. The minimum Gasteiger partial charge on any atom is -0.392 e. The molecule has 16 heavy (non-hydrogen) atoms. The molecule has 1 rings (SSSR count). The Morgan fingerprint density at radius 1 is 1.25 bits per heavy atom. The fourth-order valence-corrected chi connectivity index (χ4v) is 3.61. The minimum absolute atomic E-state index is 0.200. The summed E-state index contributed by atoms with van der Waals surface area (Å²) in [6.45, 7) is 4.00. The van der Waals surface area contributed by atoms with E-state index in [1.54, 1.807) is 0 Å². The van der Waals surface area contributed by atoms with E-state index in [1.807, 2.05) is 18.7 Å². The number of hydrogen-bond donors (Lipinski definition) is 2. The van der Waals surface area contributed by atoms with Crippen LogP contribution >= 0.6 is 11.8 Å². The van der Waals surface area contributed by atoms with Crippen LogP contribution in [-0.4, -0.2) is 35.3 Å². The Bertz CT molecular complexity index is 181. The van der Waals surface area contributed by atoms with Gasteiger partial charge in [-0.3, -0.25) is 0 Å². The molecule has 0 aromatic rings. The first-order chi connectivity index (χ1) is 7.65. The molecule has 0 aromatic heterocycles. The molecule has 0 amide bonds. The SMILES string of the molecule is CNC(CSC(C)C(C)O)C1CCCCC1. The normalized spacial score (nSPS) is 24.0. The highest BCUT2D eigenvalue weighted by Crippen LogP contribution is 2.28. The van der Waals surface area contributed by atoms with E-state index < -0.39 is 0 Å². The third-order valence-corrected chi connectivity index (χ3v) is 5.28. The zero-order valence-electron chi connectivity index (χ0n) is 10.9. The van der Waals surface area contributed by atoms with E-state index in [2.05, 4.69) is 19.3 Å². The van der Waals surface area contributed by atoms with Crippen LogP contribution in [0.4, 0.5) is 0 Å². The van der Waals surface area contributed by atoms with Crippen LogP contribution in [0.15, 0.2) is 0 Å². The van der Waals surface area contributed by atoms with Gasteiger partial charge < -0.3 is 10.4 Å². The van der Waals surface area contributed by atoms with E-state index in [1.165, 1.54) is 32.1 Å². The largest absolute Gasteiger partial charge is 0.392 e. The number of thioether (sulfide) groups is 1. The predicted molar refractivity (Wildman–Crippen MR) is 73.0 cm³/mol. The molecule has 0 aliphatic heterocycles. The van der Waals surface area contributed by atoms with E-state index in [9.17, 15) is 5.11 Å². The van der Waals surface area contributed by atoms with E-state index in [0.717, 1.165) is 11.7 Å². The van der Waals surface area contributed by atoms with Gasteiger partial charge in [0.25, 0.3) is 0 Å². The first-order valence-corrected chi connectivity index (χ1v) is 7.67. The lowest BCUT2D eigenvalue weighted by molar-refractivity contribution is 0.196. The van der Waals surface area contributed by atoms with E-state index in [0.29, 0.717) is 11.3 Å². The van der Waals surface area contributed by atoms with Crippen LogP contribution in [0.3, 0.4) is 0 Å². The van der Waals surface area contributed by atoms with Crippen LogP contribution < -0.4 is 5.32 Å². The molecule has 3 unspecified atom stereocenters. The molecule has 0 heterocycles. The van der Waals surface area contributed by atoms with Gasteiger partial charge in [0.15, 0.2) is 0 Å². The van der Waals surface area contributed by atoms with Gasteiger partial charge in [-0.1, -0.05) is 26.2 Å². The molecule has 1 aliphatic rings. The Morgan fingerprint density at radius 2 is 1.88 bits per heavy atom. The number of aliphatic hydroxyl groups is 1. The van der Waals surface area contributed by atoms with E-state index in [-0.39, 0.29) is 6.10 Å². The summed E-state index contributed by atoms with van der Waals surface area (Å²) in [6, 6.07) is 0.631. The molecule has 2 nitrogen and oxygen atoms in total. The summed E-state index contributed by atoms with van der Waals surface area (Å²) in [5, 5.41) is 13.3. The first-order valence-electron chi connectivity index (χ1n) is 6.62. The van der Waals surface area contributed by atoms with E-state index in [4.69, 9.17) is 0 Å². The number of nitrogens with one attached hydrogen (secondary N) is 1. The summed E-state index contributed by atoms with van der Waals surface area (Å²) < 4.78 is 0. The minimum atomic E-state index is -0.200. The number of rotatable bonds is 6. The Morgan fingerprint density at radius 3 is 2.38 bits per heavy atom. The fourth-order valence-electron chi connectivity index (χ4n) is 2.39. The lowest BCUT2D eigenvalue weighted by Crippen LogP contribution is -2.37. The van der Waals surface area contributed by atoms with Crippen LogP contribution in [0.2, 0.25) is 0 Å². The summed E-state index contributed by atoms with van der Waals surface area (Å²) in [5.41, 5.74) is 0. The average molecular weight is 245 g/mol. The Balaban J connectivity index is 2.30. The van der Waals surface area contributed by atoms with Gasteiger partial charge in [0.2, 0.25) is 0 Å². The van der Waals surface area contributed by atoms with Crippen molar-refractivity contribution in [2.24, 2.45) is 5.92 Å². The summed E-state index contributed by atoms with van der Waals surface area (Å²) >= 11 is 1.90. The molecular weight excluding hydrogens is 218 g/mol. The second-order valence-corrected chi connectivity index (χ2v) is 6.48. The smallest absolute Gasteiger partial charge is 0.0628 e. The Labute approximate surface area is 105 Å². The molecule has 3 atom stereocenters.